The molecular weight excluding hydrogens is 298 g/mol. The number of fused-ring (bicyclic) bond motifs is 1. The average Bonchev–Trinajstić information content (AvgIpc) is 2.82. The molecule has 3 aromatic rings. The zero-order chi connectivity index (χ0) is 15.7. The summed E-state index contributed by atoms with van der Waals surface area (Å²) in [5, 5.41) is 3.52. The summed E-state index contributed by atoms with van der Waals surface area (Å²) in [5.41, 5.74) is 1.67. The smallest absolute Gasteiger partial charge is 0.251 e. The van der Waals surface area contributed by atoms with Gasteiger partial charge in [-0.05, 0) is 37.6 Å². The van der Waals surface area contributed by atoms with Crippen molar-refractivity contribution in [3.8, 4) is 11.6 Å². The van der Waals surface area contributed by atoms with Crippen LogP contribution in [0.3, 0.4) is 0 Å². The van der Waals surface area contributed by atoms with E-state index in [-0.39, 0.29) is 5.91 Å². The number of carbonyl (C=O) groups is 1. The van der Waals surface area contributed by atoms with Gasteiger partial charge in [-0.1, -0.05) is 6.07 Å². The van der Waals surface area contributed by atoms with E-state index >= 15 is 0 Å². The van der Waals surface area contributed by atoms with Crippen molar-refractivity contribution in [1.29, 1.82) is 0 Å². The zero-order valence-electron chi connectivity index (χ0n) is 12.5. The van der Waals surface area contributed by atoms with E-state index in [9.17, 15) is 4.79 Å². The van der Waals surface area contributed by atoms with Crippen LogP contribution in [0.1, 0.15) is 20.8 Å². The van der Waals surface area contributed by atoms with Crippen LogP contribution in [0.5, 0.6) is 11.6 Å². The van der Waals surface area contributed by atoms with E-state index in [0.29, 0.717) is 17.2 Å². The van der Waals surface area contributed by atoms with Gasteiger partial charge in [0.1, 0.15) is 16.9 Å². The highest BCUT2D eigenvalue weighted by molar-refractivity contribution is 7.18. The maximum absolute atomic E-state index is 11.7. The molecule has 2 heterocycles. The number of thiophene rings is 1. The van der Waals surface area contributed by atoms with Gasteiger partial charge in [-0.3, -0.25) is 4.79 Å². The summed E-state index contributed by atoms with van der Waals surface area (Å²) in [6.45, 7) is 4.09. The highest BCUT2D eigenvalue weighted by Crippen LogP contribution is 2.35. The lowest BCUT2D eigenvalue weighted by atomic mass is 10.2. The normalized spacial score (nSPS) is 10.7. The molecule has 1 aromatic carbocycles. The Hall–Kier alpha value is -2.47. The second kappa shape index (κ2) is 5.73. The van der Waals surface area contributed by atoms with Crippen LogP contribution in [0.15, 0.2) is 30.6 Å². The van der Waals surface area contributed by atoms with Crippen LogP contribution >= 0.6 is 11.3 Å². The van der Waals surface area contributed by atoms with Crippen molar-refractivity contribution < 1.29 is 9.53 Å². The van der Waals surface area contributed by atoms with E-state index in [1.54, 1.807) is 42.6 Å². The van der Waals surface area contributed by atoms with E-state index < -0.39 is 0 Å². The molecule has 0 saturated carbocycles. The first-order valence-electron chi connectivity index (χ1n) is 6.81. The Morgan fingerprint density at radius 3 is 2.86 bits per heavy atom. The van der Waals surface area contributed by atoms with Crippen LogP contribution in [0.25, 0.3) is 10.2 Å². The number of amides is 1. The van der Waals surface area contributed by atoms with Gasteiger partial charge in [0, 0.05) is 17.5 Å². The maximum Gasteiger partial charge on any atom is 0.251 e. The lowest BCUT2D eigenvalue weighted by Gasteiger charge is -2.07. The van der Waals surface area contributed by atoms with Crippen LogP contribution in [-0.4, -0.2) is 22.9 Å². The predicted octanol–water partition coefficient (Wildman–Crippen LogP) is 3.46. The average molecular weight is 313 g/mol. The fourth-order valence-corrected chi connectivity index (χ4v) is 3.17. The van der Waals surface area contributed by atoms with Gasteiger partial charge in [0.25, 0.3) is 5.91 Å². The monoisotopic (exact) mass is 313 g/mol. The molecule has 1 amide bonds. The van der Waals surface area contributed by atoms with Crippen LogP contribution in [-0.2, 0) is 0 Å². The lowest BCUT2D eigenvalue weighted by Crippen LogP contribution is -2.17. The van der Waals surface area contributed by atoms with Crippen molar-refractivity contribution in [2.24, 2.45) is 0 Å². The number of aryl methyl sites for hydroxylation is 2. The first-order chi connectivity index (χ1) is 10.6. The SMILES string of the molecule is CNC(=O)c1cccc(Oc2ncnc3sc(C)c(C)c23)c1. The molecule has 0 unspecified atom stereocenters. The van der Waals surface area contributed by atoms with Crippen molar-refractivity contribution in [3.63, 3.8) is 0 Å². The molecule has 0 saturated heterocycles. The highest BCUT2D eigenvalue weighted by atomic mass is 32.1. The summed E-state index contributed by atoms with van der Waals surface area (Å²) in [4.78, 5) is 22.3. The Balaban J connectivity index is 2.02. The molecule has 0 aliphatic heterocycles. The van der Waals surface area contributed by atoms with E-state index in [1.807, 2.05) is 6.92 Å². The number of nitrogens with one attached hydrogen (secondary N) is 1. The Kier molecular flexibility index (Phi) is 3.77. The standard InChI is InChI=1S/C16H15N3O2S/c1-9-10(2)22-16-13(9)15(18-8-19-16)21-12-6-4-5-11(7-12)14(20)17-3/h4-8H,1-3H3,(H,17,20). The number of carbonyl (C=O) groups excluding carboxylic acids is 1. The van der Waals surface area contributed by atoms with Crippen LogP contribution in [0.2, 0.25) is 0 Å². The molecule has 0 aliphatic rings. The second-order valence-electron chi connectivity index (χ2n) is 4.85. The van der Waals surface area contributed by atoms with E-state index in [2.05, 4.69) is 22.2 Å². The highest BCUT2D eigenvalue weighted by Gasteiger charge is 2.14. The van der Waals surface area contributed by atoms with Gasteiger partial charge < -0.3 is 10.1 Å². The zero-order valence-corrected chi connectivity index (χ0v) is 13.3. The Morgan fingerprint density at radius 2 is 2.09 bits per heavy atom. The summed E-state index contributed by atoms with van der Waals surface area (Å²) >= 11 is 1.62. The first-order valence-corrected chi connectivity index (χ1v) is 7.62. The molecule has 0 aliphatic carbocycles. The minimum absolute atomic E-state index is 0.152. The molecule has 2 aromatic heterocycles. The third-order valence-electron chi connectivity index (χ3n) is 3.47. The Bertz CT molecular complexity index is 858. The van der Waals surface area contributed by atoms with Crippen LogP contribution in [0, 0.1) is 13.8 Å². The topological polar surface area (TPSA) is 64.1 Å². The molecule has 0 bridgehead atoms. The van der Waals surface area contributed by atoms with Crippen molar-refractivity contribution in [2.45, 2.75) is 13.8 Å². The van der Waals surface area contributed by atoms with Crippen molar-refractivity contribution in [3.05, 3.63) is 46.6 Å². The first kappa shape index (κ1) is 14.5. The number of hydrogen-bond acceptors (Lipinski definition) is 5. The fourth-order valence-electron chi connectivity index (χ4n) is 2.18. The Labute approximate surface area is 132 Å². The quantitative estimate of drug-likeness (QED) is 0.804. The molecule has 1 N–H and O–H groups in total. The van der Waals surface area contributed by atoms with Gasteiger partial charge in [0.15, 0.2) is 0 Å². The molecule has 112 valence electrons. The van der Waals surface area contributed by atoms with Crippen molar-refractivity contribution >= 4 is 27.5 Å². The molecule has 0 fully saturated rings. The van der Waals surface area contributed by atoms with Crippen LogP contribution in [0.4, 0.5) is 0 Å². The second-order valence-corrected chi connectivity index (χ2v) is 6.05. The minimum atomic E-state index is -0.152. The summed E-state index contributed by atoms with van der Waals surface area (Å²) in [6.07, 6.45) is 1.50. The van der Waals surface area contributed by atoms with Gasteiger partial charge in [-0.25, -0.2) is 9.97 Å². The molecular formula is C16H15N3O2S. The number of aromatic nitrogens is 2. The summed E-state index contributed by atoms with van der Waals surface area (Å²) < 4.78 is 5.90. The summed E-state index contributed by atoms with van der Waals surface area (Å²) in [5.74, 6) is 0.936. The number of nitrogens with zero attached hydrogens (tertiary/aromatic N) is 2. The third kappa shape index (κ3) is 2.53. The fraction of sp³-hybridized carbons (Fsp3) is 0.188. The maximum atomic E-state index is 11.7. The molecule has 6 heteroatoms. The molecule has 0 spiro atoms. The van der Waals surface area contributed by atoms with E-state index in [4.69, 9.17) is 4.74 Å². The molecule has 0 radical (unpaired) electrons. The number of ether oxygens (including phenoxy) is 1. The molecule has 5 nitrogen and oxygen atoms in total. The summed E-state index contributed by atoms with van der Waals surface area (Å²) in [6, 6.07) is 7.02. The largest absolute Gasteiger partial charge is 0.438 e. The molecule has 0 atom stereocenters. The van der Waals surface area contributed by atoms with E-state index in [1.165, 1.54) is 11.2 Å². The number of rotatable bonds is 3. The minimum Gasteiger partial charge on any atom is -0.438 e. The summed E-state index contributed by atoms with van der Waals surface area (Å²) in [7, 11) is 1.60. The van der Waals surface area contributed by atoms with Crippen LogP contribution < -0.4 is 10.1 Å². The van der Waals surface area contributed by atoms with Gasteiger partial charge >= 0.3 is 0 Å². The number of benzene rings is 1. The van der Waals surface area contributed by atoms with Crippen molar-refractivity contribution in [1.82, 2.24) is 15.3 Å². The van der Waals surface area contributed by atoms with Gasteiger partial charge in [-0.15, -0.1) is 11.3 Å². The number of hydrogen-bond donors (Lipinski definition) is 1. The Morgan fingerprint density at radius 1 is 1.27 bits per heavy atom. The van der Waals surface area contributed by atoms with E-state index in [0.717, 1.165) is 15.8 Å². The predicted molar refractivity (Wildman–Crippen MR) is 86.8 cm³/mol. The van der Waals surface area contributed by atoms with Gasteiger partial charge in [-0.2, -0.15) is 0 Å². The van der Waals surface area contributed by atoms with Crippen molar-refractivity contribution in [2.75, 3.05) is 7.05 Å². The van der Waals surface area contributed by atoms with Gasteiger partial charge in [0.2, 0.25) is 5.88 Å². The third-order valence-corrected chi connectivity index (χ3v) is 4.58. The molecule has 3 rings (SSSR count). The van der Waals surface area contributed by atoms with Gasteiger partial charge in [0.05, 0.1) is 5.39 Å². The molecule has 22 heavy (non-hydrogen) atoms. The lowest BCUT2D eigenvalue weighted by molar-refractivity contribution is 0.0963.